The van der Waals surface area contributed by atoms with E-state index in [4.69, 9.17) is 5.73 Å². The van der Waals surface area contributed by atoms with Crippen molar-refractivity contribution < 1.29 is 0 Å². The summed E-state index contributed by atoms with van der Waals surface area (Å²) in [6, 6.07) is 0. The number of likely N-dealkylation sites (N-methyl/N-ethyl adjacent to an activating group) is 1. The van der Waals surface area contributed by atoms with E-state index in [1.54, 1.807) is 0 Å². The fraction of sp³-hybridized carbons (Fsp3) is 0.750. The summed E-state index contributed by atoms with van der Waals surface area (Å²) < 4.78 is 0. The highest BCUT2D eigenvalue weighted by atomic mass is 15.2. The van der Waals surface area contributed by atoms with E-state index in [0.29, 0.717) is 5.92 Å². The van der Waals surface area contributed by atoms with Crippen LogP contribution in [-0.4, -0.2) is 30.6 Å². The number of nitrogens with zero attached hydrogens (tertiary/aromatic N) is 1. The van der Waals surface area contributed by atoms with E-state index in [-0.39, 0.29) is 5.54 Å². The normalized spacial score (nSPS) is 42.1. The molecule has 0 aromatic carbocycles. The van der Waals surface area contributed by atoms with Gasteiger partial charge in [-0.05, 0) is 14.0 Å². The van der Waals surface area contributed by atoms with Gasteiger partial charge in [-0.2, -0.15) is 0 Å². The molecule has 0 bridgehead atoms. The third kappa shape index (κ3) is 1.22. The van der Waals surface area contributed by atoms with Crippen molar-refractivity contribution in [1.82, 2.24) is 4.90 Å². The quantitative estimate of drug-likeness (QED) is 0.536. The SMILES string of the molecule is C=C[C@H]1CN(C)C[C@@]1(C)N. The molecule has 0 amide bonds. The first-order valence-electron chi connectivity index (χ1n) is 3.66. The van der Waals surface area contributed by atoms with Gasteiger partial charge in [0.1, 0.15) is 0 Å². The van der Waals surface area contributed by atoms with Crippen LogP contribution in [0.2, 0.25) is 0 Å². The van der Waals surface area contributed by atoms with Crippen LogP contribution in [0.5, 0.6) is 0 Å². The Hall–Kier alpha value is -0.340. The third-order valence-electron chi connectivity index (χ3n) is 2.25. The van der Waals surface area contributed by atoms with Gasteiger partial charge in [0.15, 0.2) is 0 Å². The molecule has 0 aromatic heterocycles. The van der Waals surface area contributed by atoms with Gasteiger partial charge < -0.3 is 10.6 Å². The summed E-state index contributed by atoms with van der Waals surface area (Å²) in [6.07, 6.45) is 1.96. The maximum absolute atomic E-state index is 6.01. The van der Waals surface area contributed by atoms with E-state index in [2.05, 4.69) is 25.5 Å². The van der Waals surface area contributed by atoms with Crippen molar-refractivity contribution in [1.29, 1.82) is 0 Å². The van der Waals surface area contributed by atoms with Crippen molar-refractivity contribution in [2.45, 2.75) is 12.5 Å². The zero-order chi connectivity index (χ0) is 7.78. The average Bonchev–Trinajstić information content (AvgIpc) is 2.04. The van der Waals surface area contributed by atoms with E-state index in [1.807, 2.05) is 6.08 Å². The number of likely N-dealkylation sites (tertiary alicyclic amines) is 1. The van der Waals surface area contributed by atoms with Crippen LogP contribution in [0.4, 0.5) is 0 Å². The molecule has 0 unspecified atom stereocenters. The zero-order valence-corrected chi connectivity index (χ0v) is 6.80. The molecule has 2 atom stereocenters. The Morgan fingerprint density at radius 1 is 1.80 bits per heavy atom. The average molecular weight is 140 g/mol. The van der Waals surface area contributed by atoms with Crippen LogP contribution in [-0.2, 0) is 0 Å². The molecule has 1 aliphatic rings. The highest BCUT2D eigenvalue weighted by molar-refractivity contribution is 5.04. The van der Waals surface area contributed by atoms with Crippen molar-refractivity contribution in [2.75, 3.05) is 20.1 Å². The van der Waals surface area contributed by atoms with Gasteiger partial charge in [-0.25, -0.2) is 0 Å². The smallest absolute Gasteiger partial charge is 0.0330 e. The lowest BCUT2D eigenvalue weighted by molar-refractivity contribution is 0.380. The van der Waals surface area contributed by atoms with Gasteiger partial charge in [0.2, 0.25) is 0 Å². The van der Waals surface area contributed by atoms with Crippen molar-refractivity contribution in [3.05, 3.63) is 12.7 Å². The van der Waals surface area contributed by atoms with Gasteiger partial charge in [-0.3, -0.25) is 0 Å². The monoisotopic (exact) mass is 140 g/mol. The lowest BCUT2D eigenvalue weighted by atomic mass is 9.91. The number of rotatable bonds is 1. The molecule has 1 rings (SSSR count). The second-order valence-corrected chi connectivity index (χ2v) is 3.54. The standard InChI is InChI=1S/C8H16N2/c1-4-7-5-10(3)6-8(7,2)9/h4,7H,1,5-6,9H2,2-3H3/t7-,8+/m0/s1. The predicted octanol–water partition coefficient (Wildman–Crippen LogP) is 0.451. The molecule has 1 aliphatic heterocycles. The summed E-state index contributed by atoms with van der Waals surface area (Å²) in [5.41, 5.74) is 5.95. The van der Waals surface area contributed by atoms with Crippen LogP contribution < -0.4 is 5.73 Å². The molecule has 2 nitrogen and oxygen atoms in total. The molecule has 10 heavy (non-hydrogen) atoms. The summed E-state index contributed by atoms with van der Waals surface area (Å²) in [5, 5.41) is 0. The first kappa shape index (κ1) is 7.76. The molecule has 0 aliphatic carbocycles. The number of hydrogen-bond acceptors (Lipinski definition) is 2. The Bertz CT molecular complexity index is 140. The van der Waals surface area contributed by atoms with E-state index < -0.39 is 0 Å². The fourth-order valence-electron chi connectivity index (χ4n) is 1.65. The van der Waals surface area contributed by atoms with Crippen molar-refractivity contribution in [3.8, 4) is 0 Å². The maximum Gasteiger partial charge on any atom is 0.0330 e. The highest BCUT2D eigenvalue weighted by Crippen LogP contribution is 2.24. The van der Waals surface area contributed by atoms with Crippen molar-refractivity contribution in [3.63, 3.8) is 0 Å². The first-order valence-corrected chi connectivity index (χ1v) is 3.66. The number of nitrogens with two attached hydrogens (primary N) is 1. The largest absolute Gasteiger partial charge is 0.324 e. The molecule has 1 saturated heterocycles. The van der Waals surface area contributed by atoms with Gasteiger partial charge in [-0.15, -0.1) is 6.58 Å². The summed E-state index contributed by atoms with van der Waals surface area (Å²) in [4.78, 5) is 2.24. The summed E-state index contributed by atoms with van der Waals surface area (Å²) in [7, 11) is 2.09. The fourth-order valence-corrected chi connectivity index (χ4v) is 1.65. The number of hydrogen-bond donors (Lipinski definition) is 1. The predicted molar refractivity (Wildman–Crippen MR) is 43.8 cm³/mol. The van der Waals surface area contributed by atoms with Crippen molar-refractivity contribution in [2.24, 2.45) is 11.7 Å². The first-order chi connectivity index (χ1) is 4.56. The van der Waals surface area contributed by atoms with Crippen LogP contribution in [0.1, 0.15) is 6.92 Å². The third-order valence-corrected chi connectivity index (χ3v) is 2.25. The second kappa shape index (κ2) is 2.36. The summed E-state index contributed by atoms with van der Waals surface area (Å²) in [6.45, 7) is 7.88. The molecule has 0 aromatic rings. The van der Waals surface area contributed by atoms with E-state index in [0.717, 1.165) is 13.1 Å². The van der Waals surface area contributed by atoms with Crippen LogP contribution >= 0.6 is 0 Å². The Kier molecular flexibility index (Phi) is 1.84. The van der Waals surface area contributed by atoms with Gasteiger partial charge in [0, 0.05) is 24.5 Å². The highest BCUT2D eigenvalue weighted by Gasteiger charge is 2.35. The van der Waals surface area contributed by atoms with Crippen LogP contribution in [0, 0.1) is 5.92 Å². The lowest BCUT2D eigenvalue weighted by Crippen LogP contribution is -2.43. The van der Waals surface area contributed by atoms with E-state index >= 15 is 0 Å². The summed E-state index contributed by atoms with van der Waals surface area (Å²) >= 11 is 0. The molecule has 58 valence electrons. The van der Waals surface area contributed by atoms with E-state index in [1.165, 1.54) is 0 Å². The van der Waals surface area contributed by atoms with Gasteiger partial charge in [-0.1, -0.05) is 6.08 Å². The molecule has 2 heteroatoms. The Balaban J connectivity index is 2.67. The molecule has 0 spiro atoms. The molecular formula is C8H16N2. The van der Waals surface area contributed by atoms with Crippen LogP contribution in [0.3, 0.4) is 0 Å². The molecule has 0 radical (unpaired) electrons. The van der Waals surface area contributed by atoms with Gasteiger partial charge in [0.05, 0.1) is 0 Å². The zero-order valence-electron chi connectivity index (χ0n) is 6.80. The molecule has 1 heterocycles. The Morgan fingerprint density at radius 3 is 2.60 bits per heavy atom. The second-order valence-electron chi connectivity index (χ2n) is 3.54. The van der Waals surface area contributed by atoms with E-state index in [9.17, 15) is 0 Å². The van der Waals surface area contributed by atoms with Crippen LogP contribution in [0.25, 0.3) is 0 Å². The minimum Gasteiger partial charge on any atom is -0.324 e. The van der Waals surface area contributed by atoms with Gasteiger partial charge >= 0.3 is 0 Å². The molecular weight excluding hydrogens is 124 g/mol. The molecule has 2 N–H and O–H groups in total. The minimum atomic E-state index is -0.0590. The minimum absolute atomic E-state index is 0.0590. The van der Waals surface area contributed by atoms with Crippen molar-refractivity contribution >= 4 is 0 Å². The van der Waals surface area contributed by atoms with Crippen LogP contribution in [0.15, 0.2) is 12.7 Å². The molecule has 0 saturated carbocycles. The maximum atomic E-state index is 6.01. The Morgan fingerprint density at radius 2 is 2.40 bits per heavy atom. The topological polar surface area (TPSA) is 29.3 Å². The molecule has 1 fully saturated rings. The summed E-state index contributed by atoms with van der Waals surface area (Å²) in [5.74, 6) is 0.456. The Labute approximate surface area is 62.7 Å². The van der Waals surface area contributed by atoms with Gasteiger partial charge in [0.25, 0.3) is 0 Å². The lowest BCUT2D eigenvalue weighted by Gasteiger charge is -2.22.